The largest absolute Gasteiger partial charge is 0.459 e. The first-order valence-electron chi connectivity index (χ1n) is 13.1. The molecule has 206 valence electrons. The third-order valence-electron chi connectivity index (χ3n) is 6.10. The number of benzene rings is 3. The van der Waals surface area contributed by atoms with Gasteiger partial charge in [-0.05, 0) is 48.4 Å². The first-order chi connectivity index (χ1) is 19.0. The number of carbonyl (C=O) groups is 3. The SMILES string of the molecule is CC.COCC1CC(C(=O)OCc2ccccc2)N(C(=O)CNC(=O)c2ccc(Oc3ccccc3)cc2)C1. The number of esters is 1. The molecule has 0 radical (unpaired) electrons. The molecule has 1 saturated heterocycles. The van der Waals surface area contributed by atoms with E-state index in [1.165, 1.54) is 4.90 Å². The number of methoxy groups -OCH3 is 1. The second-order valence-electron chi connectivity index (χ2n) is 8.83. The topological polar surface area (TPSA) is 94.2 Å². The van der Waals surface area contributed by atoms with Crippen LogP contribution in [0.3, 0.4) is 0 Å². The number of amides is 2. The minimum absolute atomic E-state index is 0.0103. The Morgan fingerprint density at radius 2 is 1.49 bits per heavy atom. The van der Waals surface area contributed by atoms with Crippen LogP contribution in [-0.4, -0.2) is 55.5 Å². The van der Waals surface area contributed by atoms with Crippen molar-refractivity contribution >= 4 is 17.8 Å². The third kappa shape index (κ3) is 8.68. The molecule has 2 unspecified atom stereocenters. The predicted octanol–water partition coefficient (Wildman–Crippen LogP) is 4.84. The first kappa shape index (κ1) is 29.4. The van der Waals surface area contributed by atoms with Crippen molar-refractivity contribution in [2.24, 2.45) is 5.92 Å². The van der Waals surface area contributed by atoms with E-state index in [1.54, 1.807) is 31.4 Å². The Kier molecular flexibility index (Phi) is 11.5. The second kappa shape index (κ2) is 15.3. The van der Waals surface area contributed by atoms with Gasteiger partial charge in [0.2, 0.25) is 5.91 Å². The normalized spacial score (nSPS) is 16.0. The van der Waals surface area contributed by atoms with Gasteiger partial charge in [0.1, 0.15) is 24.1 Å². The summed E-state index contributed by atoms with van der Waals surface area (Å²) in [5.41, 5.74) is 1.26. The highest BCUT2D eigenvalue weighted by atomic mass is 16.5. The average Bonchev–Trinajstić information content (AvgIpc) is 3.41. The fourth-order valence-electron chi connectivity index (χ4n) is 4.26. The molecule has 0 saturated carbocycles. The summed E-state index contributed by atoms with van der Waals surface area (Å²) in [6, 6.07) is 24.6. The maximum Gasteiger partial charge on any atom is 0.329 e. The van der Waals surface area contributed by atoms with Crippen LogP contribution >= 0.6 is 0 Å². The van der Waals surface area contributed by atoms with Gasteiger partial charge in [0.05, 0.1) is 13.2 Å². The van der Waals surface area contributed by atoms with Gasteiger partial charge in [-0.15, -0.1) is 0 Å². The van der Waals surface area contributed by atoms with Gasteiger partial charge in [-0.3, -0.25) is 9.59 Å². The van der Waals surface area contributed by atoms with E-state index in [-0.39, 0.29) is 25.0 Å². The zero-order chi connectivity index (χ0) is 28.0. The van der Waals surface area contributed by atoms with Crippen molar-refractivity contribution in [3.63, 3.8) is 0 Å². The quantitative estimate of drug-likeness (QED) is 0.376. The van der Waals surface area contributed by atoms with Crippen molar-refractivity contribution in [3.05, 3.63) is 96.1 Å². The van der Waals surface area contributed by atoms with Crippen LogP contribution in [0.4, 0.5) is 0 Å². The van der Waals surface area contributed by atoms with Crippen molar-refractivity contribution in [1.82, 2.24) is 10.2 Å². The molecule has 2 amide bonds. The second-order valence-corrected chi connectivity index (χ2v) is 8.83. The summed E-state index contributed by atoms with van der Waals surface area (Å²) in [6.07, 6.45) is 0.448. The van der Waals surface area contributed by atoms with Crippen LogP contribution in [0.15, 0.2) is 84.9 Å². The van der Waals surface area contributed by atoms with Crippen LogP contribution in [0.2, 0.25) is 0 Å². The molecule has 4 rings (SSSR count). The summed E-state index contributed by atoms with van der Waals surface area (Å²) in [5, 5.41) is 2.65. The predicted molar refractivity (Wildman–Crippen MR) is 148 cm³/mol. The van der Waals surface area contributed by atoms with Crippen molar-refractivity contribution in [2.75, 3.05) is 26.8 Å². The highest BCUT2D eigenvalue weighted by Gasteiger charge is 2.40. The molecule has 0 spiro atoms. The number of nitrogens with zero attached hydrogens (tertiary/aromatic N) is 1. The molecular weight excluding hydrogens is 496 g/mol. The van der Waals surface area contributed by atoms with Crippen molar-refractivity contribution in [3.8, 4) is 11.5 Å². The van der Waals surface area contributed by atoms with Gasteiger partial charge in [0, 0.05) is 25.1 Å². The van der Waals surface area contributed by atoms with Crippen LogP contribution in [-0.2, 0) is 25.7 Å². The van der Waals surface area contributed by atoms with Crippen LogP contribution < -0.4 is 10.1 Å². The maximum atomic E-state index is 13.0. The van der Waals surface area contributed by atoms with Gasteiger partial charge >= 0.3 is 5.97 Å². The summed E-state index contributed by atoms with van der Waals surface area (Å²) < 4.78 is 16.5. The lowest BCUT2D eigenvalue weighted by molar-refractivity contribution is -0.154. The number of nitrogens with one attached hydrogen (secondary N) is 1. The summed E-state index contributed by atoms with van der Waals surface area (Å²) in [5.74, 6) is 0.0943. The lowest BCUT2D eigenvalue weighted by Gasteiger charge is -2.23. The maximum absolute atomic E-state index is 13.0. The summed E-state index contributed by atoms with van der Waals surface area (Å²) in [7, 11) is 1.59. The van der Waals surface area contributed by atoms with Gasteiger partial charge < -0.3 is 24.4 Å². The van der Waals surface area contributed by atoms with Gasteiger partial charge in [0.25, 0.3) is 5.91 Å². The molecule has 1 heterocycles. The minimum Gasteiger partial charge on any atom is -0.459 e. The minimum atomic E-state index is -0.720. The van der Waals surface area contributed by atoms with E-state index in [2.05, 4.69) is 5.32 Å². The van der Waals surface area contributed by atoms with Gasteiger partial charge in [-0.2, -0.15) is 0 Å². The van der Waals surface area contributed by atoms with Gasteiger partial charge in [-0.25, -0.2) is 4.79 Å². The lowest BCUT2D eigenvalue weighted by Crippen LogP contribution is -2.46. The highest BCUT2D eigenvalue weighted by molar-refractivity contribution is 5.97. The number of hydrogen-bond acceptors (Lipinski definition) is 6. The molecule has 3 aromatic rings. The molecule has 2 atom stereocenters. The van der Waals surface area contributed by atoms with Crippen molar-refractivity contribution in [1.29, 1.82) is 0 Å². The fourth-order valence-corrected chi connectivity index (χ4v) is 4.26. The Bertz CT molecular complexity index is 1180. The average molecular weight is 533 g/mol. The Labute approximate surface area is 229 Å². The molecule has 0 aliphatic carbocycles. The first-order valence-corrected chi connectivity index (χ1v) is 13.1. The van der Waals surface area contributed by atoms with Crippen LogP contribution in [0.25, 0.3) is 0 Å². The van der Waals surface area contributed by atoms with E-state index in [0.29, 0.717) is 36.6 Å². The monoisotopic (exact) mass is 532 g/mol. The van der Waals surface area contributed by atoms with E-state index in [1.807, 2.05) is 74.5 Å². The van der Waals surface area contributed by atoms with Crippen molar-refractivity contribution < 1.29 is 28.6 Å². The number of carbonyl (C=O) groups excluding carboxylic acids is 3. The third-order valence-corrected chi connectivity index (χ3v) is 6.10. The molecule has 1 N–H and O–H groups in total. The molecule has 1 aliphatic heterocycles. The zero-order valence-corrected chi connectivity index (χ0v) is 22.7. The molecule has 0 aromatic heterocycles. The van der Waals surface area contributed by atoms with Crippen LogP contribution in [0, 0.1) is 5.92 Å². The van der Waals surface area contributed by atoms with Crippen LogP contribution in [0.1, 0.15) is 36.2 Å². The summed E-state index contributed by atoms with van der Waals surface area (Å²) in [4.78, 5) is 40.0. The smallest absolute Gasteiger partial charge is 0.329 e. The number of ether oxygens (including phenoxy) is 3. The molecule has 1 fully saturated rings. The standard InChI is InChI=1S/C29H30N2O6.C2H6/c1-35-19-22-16-26(29(34)36-20-21-8-4-2-5-9-21)31(18-22)27(32)17-30-28(33)23-12-14-25(15-13-23)37-24-10-6-3-7-11-24;1-2/h2-15,22,26H,16-20H2,1H3,(H,30,33);1-2H3. The molecule has 1 aliphatic rings. The lowest BCUT2D eigenvalue weighted by atomic mass is 10.1. The zero-order valence-electron chi connectivity index (χ0n) is 22.7. The molecule has 8 nitrogen and oxygen atoms in total. The number of likely N-dealkylation sites (tertiary alicyclic amines) is 1. The fraction of sp³-hybridized carbons (Fsp3) is 0.323. The van der Waals surface area contributed by atoms with Crippen molar-refractivity contribution in [2.45, 2.75) is 32.9 Å². The van der Waals surface area contributed by atoms with E-state index in [9.17, 15) is 14.4 Å². The Balaban J connectivity index is 0.00000205. The van der Waals surface area contributed by atoms with E-state index in [4.69, 9.17) is 14.2 Å². The Hall–Kier alpha value is -4.17. The molecule has 39 heavy (non-hydrogen) atoms. The van der Waals surface area contributed by atoms with Gasteiger partial charge in [0.15, 0.2) is 0 Å². The molecule has 8 heteroatoms. The van der Waals surface area contributed by atoms with E-state index in [0.717, 1.165) is 5.56 Å². The number of rotatable bonds is 10. The Morgan fingerprint density at radius 3 is 2.13 bits per heavy atom. The van der Waals surface area contributed by atoms with E-state index < -0.39 is 17.9 Å². The Morgan fingerprint density at radius 1 is 0.872 bits per heavy atom. The molecular formula is C31H36N2O6. The van der Waals surface area contributed by atoms with E-state index >= 15 is 0 Å². The summed E-state index contributed by atoms with van der Waals surface area (Å²) in [6.45, 7) is 4.69. The van der Waals surface area contributed by atoms with Gasteiger partial charge in [-0.1, -0.05) is 62.4 Å². The number of para-hydroxylation sites is 1. The summed E-state index contributed by atoms with van der Waals surface area (Å²) >= 11 is 0. The number of hydrogen-bond donors (Lipinski definition) is 1. The van der Waals surface area contributed by atoms with Crippen LogP contribution in [0.5, 0.6) is 11.5 Å². The molecule has 0 bridgehead atoms. The highest BCUT2D eigenvalue weighted by Crippen LogP contribution is 2.25. The molecule has 3 aromatic carbocycles.